The highest BCUT2D eigenvalue weighted by atomic mass is 32.5. The zero-order chi connectivity index (χ0) is 21.9. The zero-order valence-corrected chi connectivity index (χ0v) is 20.4. The molecule has 0 saturated carbocycles. The minimum atomic E-state index is -2.98. The number of fused-ring (bicyclic) bond motifs is 1. The van der Waals surface area contributed by atoms with Crippen LogP contribution in [0.2, 0.25) is 0 Å². The van der Waals surface area contributed by atoms with Gasteiger partial charge in [0.15, 0.2) is 0 Å². The molecule has 6 nitrogen and oxygen atoms in total. The van der Waals surface area contributed by atoms with E-state index in [4.69, 9.17) is 20.9 Å². The molecule has 0 fully saturated rings. The van der Waals surface area contributed by atoms with Crippen molar-refractivity contribution in [2.75, 3.05) is 13.2 Å². The van der Waals surface area contributed by atoms with Gasteiger partial charge in [-0.1, -0.05) is 90.2 Å². The van der Waals surface area contributed by atoms with Gasteiger partial charge in [0.25, 0.3) is 0 Å². The van der Waals surface area contributed by atoms with Crippen molar-refractivity contribution in [2.45, 2.75) is 90.9 Å². The van der Waals surface area contributed by atoms with Crippen LogP contribution in [0, 0.1) is 0 Å². The Morgan fingerprint density at radius 2 is 1.17 bits per heavy atom. The summed E-state index contributed by atoms with van der Waals surface area (Å²) in [6.45, 7) is 2.50. The molecular formula is C22H40N3O3PS. The molecule has 0 aliphatic rings. The maximum atomic E-state index is 9.88. The number of nitrogens with one attached hydrogen (secondary N) is 1. The molecule has 0 amide bonds. The molecule has 0 unspecified atom stereocenters. The molecule has 1 aromatic carbocycles. The van der Waals surface area contributed by atoms with E-state index in [2.05, 4.69) is 29.3 Å². The smallest absolute Gasteiger partial charge is 0.324 e. The van der Waals surface area contributed by atoms with E-state index >= 15 is 0 Å². The number of hydrogen-bond acceptors (Lipinski definition) is 5. The maximum Gasteiger partial charge on any atom is 0.324 e. The average Bonchev–Trinajstić information content (AvgIpc) is 3.22. The molecule has 2 N–H and O–H groups in total. The molecule has 2 rings (SSSR count). The summed E-state index contributed by atoms with van der Waals surface area (Å²) in [5.74, 6) is 0. The molecule has 1 heterocycles. The number of para-hydroxylation sites is 2. The largest absolute Gasteiger partial charge is 0.324 e. The lowest BCUT2D eigenvalue weighted by molar-refractivity contribution is 0.190. The number of aromatic nitrogens is 3. The van der Waals surface area contributed by atoms with Crippen LogP contribution < -0.4 is 0 Å². The predicted octanol–water partition coefficient (Wildman–Crippen LogP) is 6.92. The summed E-state index contributed by atoms with van der Waals surface area (Å²) in [7, 11) is 0. The van der Waals surface area contributed by atoms with Crippen molar-refractivity contribution in [2.24, 2.45) is 0 Å². The van der Waals surface area contributed by atoms with E-state index in [1.165, 1.54) is 51.4 Å². The molecule has 0 saturated heterocycles. The predicted molar refractivity (Wildman–Crippen MR) is 129 cm³/mol. The fourth-order valence-electron chi connectivity index (χ4n) is 2.95. The molecule has 172 valence electrons. The Morgan fingerprint density at radius 1 is 0.767 bits per heavy atom. The van der Waals surface area contributed by atoms with Gasteiger partial charge >= 0.3 is 6.72 Å². The Hall–Kier alpha value is -0.850. The second kappa shape index (κ2) is 17.8. The van der Waals surface area contributed by atoms with E-state index in [0.29, 0.717) is 13.2 Å². The van der Waals surface area contributed by atoms with E-state index in [9.17, 15) is 4.89 Å². The third kappa shape index (κ3) is 14.2. The van der Waals surface area contributed by atoms with Gasteiger partial charge < -0.3 is 13.9 Å². The fourth-order valence-corrected chi connectivity index (χ4v) is 4.19. The third-order valence-electron chi connectivity index (χ3n) is 4.73. The highest BCUT2D eigenvalue weighted by Crippen LogP contribution is 2.43. The molecule has 0 aliphatic carbocycles. The second-order valence-corrected chi connectivity index (χ2v) is 10.3. The zero-order valence-electron chi connectivity index (χ0n) is 18.7. The minimum Gasteiger partial charge on any atom is -0.324 e. The standard InChI is InChI=1S/C16H35O3PS.C6H5N3/c1-3-5-7-9-11-13-15-18-20(17,21)19-16-14-12-10-8-6-4-2;1-2-4-6-5(3-1)7-9-8-6/h3-16H2,1-2H3,(H,17,21);1-4H,(H,7,8,9). The van der Waals surface area contributed by atoms with E-state index in [-0.39, 0.29) is 0 Å². The van der Waals surface area contributed by atoms with Gasteiger partial charge in [0, 0.05) is 0 Å². The topological polar surface area (TPSA) is 80.3 Å². The van der Waals surface area contributed by atoms with Gasteiger partial charge in [-0.15, -0.1) is 0 Å². The molecule has 0 aliphatic heterocycles. The summed E-state index contributed by atoms with van der Waals surface area (Å²) in [5, 5.41) is 10.3. The van der Waals surface area contributed by atoms with Gasteiger partial charge in [0.05, 0.1) is 13.2 Å². The van der Waals surface area contributed by atoms with Gasteiger partial charge in [-0.25, -0.2) is 0 Å². The van der Waals surface area contributed by atoms with E-state index in [1.54, 1.807) is 0 Å². The van der Waals surface area contributed by atoms with Gasteiger partial charge in [-0.05, 0) is 36.8 Å². The van der Waals surface area contributed by atoms with Crippen molar-refractivity contribution in [1.82, 2.24) is 15.4 Å². The molecule has 0 spiro atoms. The SMILES string of the molecule is CCCCCCCCOP(O)(=S)OCCCCCCCC.c1ccc2n[nH]nc2c1. The summed E-state index contributed by atoms with van der Waals surface area (Å²) in [5.41, 5.74) is 1.83. The van der Waals surface area contributed by atoms with Gasteiger partial charge in [0.1, 0.15) is 11.0 Å². The van der Waals surface area contributed by atoms with Crippen LogP contribution in [0.1, 0.15) is 90.9 Å². The molecule has 2 aromatic rings. The lowest BCUT2D eigenvalue weighted by Crippen LogP contribution is -1.98. The molecular weight excluding hydrogens is 417 g/mol. The number of H-pyrrole nitrogens is 1. The molecule has 1 aromatic heterocycles. The number of benzene rings is 1. The molecule has 30 heavy (non-hydrogen) atoms. The fraction of sp³-hybridized carbons (Fsp3) is 0.727. The highest BCUT2D eigenvalue weighted by molar-refractivity contribution is 8.07. The van der Waals surface area contributed by atoms with Crippen LogP contribution in [0.5, 0.6) is 0 Å². The van der Waals surface area contributed by atoms with Crippen molar-refractivity contribution in [3.05, 3.63) is 24.3 Å². The van der Waals surface area contributed by atoms with E-state index in [0.717, 1.165) is 36.7 Å². The Balaban J connectivity index is 0.000000405. The normalized spacial score (nSPS) is 11.4. The van der Waals surface area contributed by atoms with E-state index < -0.39 is 6.72 Å². The Bertz CT molecular complexity index is 647. The van der Waals surface area contributed by atoms with Gasteiger partial charge in [-0.2, -0.15) is 15.4 Å². The number of hydrogen-bond donors (Lipinski definition) is 2. The average molecular weight is 458 g/mol. The van der Waals surface area contributed by atoms with Crippen molar-refractivity contribution < 1.29 is 13.9 Å². The molecule has 0 atom stereocenters. The van der Waals surface area contributed by atoms with Crippen LogP contribution in [0.4, 0.5) is 0 Å². The van der Waals surface area contributed by atoms with Gasteiger partial charge in [0.2, 0.25) is 0 Å². The maximum absolute atomic E-state index is 9.88. The number of nitrogens with zero attached hydrogens (tertiary/aromatic N) is 2. The van der Waals surface area contributed by atoms with Crippen molar-refractivity contribution in [3.63, 3.8) is 0 Å². The number of rotatable bonds is 16. The highest BCUT2D eigenvalue weighted by Gasteiger charge is 2.13. The molecule has 8 heteroatoms. The lowest BCUT2D eigenvalue weighted by atomic mass is 10.1. The summed E-state index contributed by atoms with van der Waals surface area (Å²) in [4.78, 5) is 9.88. The lowest BCUT2D eigenvalue weighted by Gasteiger charge is -2.15. The minimum absolute atomic E-state index is 0.524. The summed E-state index contributed by atoms with van der Waals surface area (Å²) >= 11 is 5.00. The number of unbranched alkanes of at least 4 members (excludes halogenated alkanes) is 10. The first kappa shape index (κ1) is 27.2. The summed E-state index contributed by atoms with van der Waals surface area (Å²) in [6, 6.07) is 7.70. The van der Waals surface area contributed by atoms with Crippen LogP contribution >= 0.6 is 6.72 Å². The van der Waals surface area contributed by atoms with E-state index in [1.807, 2.05) is 24.3 Å². The first-order valence-corrected chi connectivity index (χ1v) is 14.1. The Labute approximate surface area is 187 Å². The van der Waals surface area contributed by atoms with Crippen molar-refractivity contribution in [3.8, 4) is 0 Å². The Morgan fingerprint density at radius 3 is 1.60 bits per heavy atom. The van der Waals surface area contributed by atoms with Crippen molar-refractivity contribution in [1.29, 1.82) is 0 Å². The van der Waals surface area contributed by atoms with Crippen LogP contribution in [-0.2, 0) is 20.9 Å². The second-order valence-electron chi connectivity index (χ2n) is 7.48. The first-order valence-electron chi connectivity index (χ1n) is 11.5. The molecule has 0 radical (unpaired) electrons. The van der Waals surface area contributed by atoms with Crippen molar-refractivity contribution >= 4 is 29.6 Å². The number of aromatic amines is 1. The summed E-state index contributed by atoms with van der Waals surface area (Å²) < 4.78 is 10.7. The van der Waals surface area contributed by atoms with Crippen LogP contribution in [0.15, 0.2) is 24.3 Å². The third-order valence-corrected chi connectivity index (χ3v) is 6.38. The van der Waals surface area contributed by atoms with Crippen LogP contribution in [0.25, 0.3) is 11.0 Å². The quantitative estimate of drug-likeness (QED) is 0.210. The van der Waals surface area contributed by atoms with Gasteiger partial charge in [-0.3, -0.25) is 0 Å². The first-order chi connectivity index (χ1) is 14.6. The van der Waals surface area contributed by atoms with Crippen LogP contribution in [0.3, 0.4) is 0 Å². The van der Waals surface area contributed by atoms with Crippen LogP contribution in [-0.4, -0.2) is 33.5 Å². The summed E-state index contributed by atoms with van der Waals surface area (Å²) in [6.07, 6.45) is 14.4. The monoisotopic (exact) mass is 457 g/mol. The molecule has 0 bridgehead atoms. The Kier molecular flexibility index (Phi) is 16.1.